The van der Waals surface area contributed by atoms with Crippen molar-refractivity contribution < 1.29 is 14.6 Å². The Morgan fingerprint density at radius 2 is 2.00 bits per heavy atom. The Labute approximate surface area is 128 Å². The second kappa shape index (κ2) is 3.65. The van der Waals surface area contributed by atoms with Crippen molar-refractivity contribution in [2.45, 2.75) is 43.9 Å². The summed E-state index contributed by atoms with van der Waals surface area (Å²) in [4.78, 5) is 0. The van der Waals surface area contributed by atoms with Gasteiger partial charge in [-0.1, -0.05) is 25.1 Å². The zero-order valence-electron chi connectivity index (χ0n) is 12.5. The van der Waals surface area contributed by atoms with E-state index in [9.17, 15) is 10.2 Å². The van der Waals surface area contributed by atoms with Crippen LogP contribution >= 0.6 is 0 Å². The minimum atomic E-state index is -1.05. The van der Waals surface area contributed by atoms with Crippen molar-refractivity contribution in [3.05, 3.63) is 41.5 Å². The van der Waals surface area contributed by atoms with E-state index in [1.807, 2.05) is 18.2 Å². The maximum absolute atomic E-state index is 15.1. The lowest BCUT2D eigenvalue weighted by Crippen LogP contribution is -2.43. The van der Waals surface area contributed by atoms with Gasteiger partial charge >= 0.3 is 0 Å². The molecule has 0 unspecified atom stereocenters. The van der Waals surface area contributed by atoms with Gasteiger partial charge in [-0.05, 0) is 59.2 Å². The third kappa shape index (κ3) is 1.22. The molecule has 0 aromatic heterocycles. The Balaban J connectivity index is 1.83. The van der Waals surface area contributed by atoms with Crippen molar-refractivity contribution in [1.29, 1.82) is 0 Å². The van der Waals surface area contributed by atoms with E-state index < -0.39 is 12.3 Å². The first-order valence-electron chi connectivity index (χ1n) is 8.05. The number of fused-ring (bicyclic) bond motifs is 3. The molecule has 2 N–H and O–H groups in total. The van der Waals surface area contributed by atoms with E-state index in [0.29, 0.717) is 12.3 Å². The average molecular weight is 298 g/mol. The lowest BCUT2D eigenvalue weighted by Gasteiger charge is -2.45. The van der Waals surface area contributed by atoms with Crippen molar-refractivity contribution in [1.82, 2.24) is 0 Å². The zero-order chi connectivity index (χ0) is 15.3. The van der Waals surface area contributed by atoms with Gasteiger partial charge in [0, 0.05) is 10.8 Å². The largest absolute Gasteiger partial charge is 0.508 e. The number of rotatable bonds is 0. The second-order valence-electron chi connectivity index (χ2n) is 7.65. The summed E-state index contributed by atoms with van der Waals surface area (Å²) < 4.78 is 15.1. The monoisotopic (exact) mass is 298 g/mol. The van der Waals surface area contributed by atoms with Crippen molar-refractivity contribution in [2.75, 3.05) is 0 Å². The highest BCUT2D eigenvalue weighted by Crippen LogP contribution is 2.77. The maximum Gasteiger partial charge on any atom is 0.127 e. The Morgan fingerprint density at radius 1 is 1.18 bits per heavy atom. The number of alkyl halides is 1. The van der Waals surface area contributed by atoms with Crippen LogP contribution in [0.3, 0.4) is 0 Å². The van der Waals surface area contributed by atoms with Gasteiger partial charge in [0.05, 0.1) is 6.10 Å². The maximum atomic E-state index is 15.1. The van der Waals surface area contributed by atoms with Gasteiger partial charge in [0.25, 0.3) is 0 Å². The molecule has 2 aromatic rings. The topological polar surface area (TPSA) is 40.5 Å². The molecule has 1 spiro atoms. The molecule has 3 aliphatic rings. The van der Waals surface area contributed by atoms with Crippen LogP contribution in [0.15, 0.2) is 30.3 Å². The predicted octanol–water partition coefficient (Wildman–Crippen LogP) is 3.99. The highest BCUT2D eigenvalue weighted by molar-refractivity contribution is 5.89. The van der Waals surface area contributed by atoms with E-state index >= 15 is 4.39 Å². The number of phenolic OH excluding ortho intramolecular Hbond substituents is 1. The third-order valence-corrected chi connectivity index (χ3v) is 6.81. The molecule has 0 aliphatic heterocycles. The van der Waals surface area contributed by atoms with E-state index in [-0.39, 0.29) is 16.6 Å². The predicted molar refractivity (Wildman–Crippen MR) is 82.6 cm³/mol. The number of halogens is 1. The number of aliphatic hydroxyl groups excluding tert-OH is 1. The Hall–Kier alpha value is -1.61. The normalized spacial score (nSPS) is 41.9. The fraction of sp³-hybridized carbons (Fsp3) is 0.474. The molecular formula is C19H19FO2. The lowest BCUT2D eigenvalue weighted by atomic mass is 9.61. The minimum Gasteiger partial charge on any atom is -0.508 e. The van der Waals surface area contributed by atoms with Crippen LogP contribution in [0.1, 0.15) is 43.5 Å². The fourth-order valence-corrected chi connectivity index (χ4v) is 5.64. The third-order valence-electron chi connectivity index (χ3n) is 6.81. The summed E-state index contributed by atoms with van der Waals surface area (Å²) in [6, 6.07) is 9.19. The van der Waals surface area contributed by atoms with Gasteiger partial charge in [-0.3, -0.25) is 0 Å². The van der Waals surface area contributed by atoms with Gasteiger partial charge in [0.2, 0.25) is 0 Å². The van der Waals surface area contributed by atoms with Crippen LogP contribution in [-0.4, -0.2) is 16.3 Å². The summed E-state index contributed by atoms with van der Waals surface area (Å²) in [5.41, 5.74) is 1.53. The summed E-state index contributed by atoms with van der Waals surface area (Å²) >= 11 is 0. The summed E-state index contributed by atoms with van der Waals surface area (Å²) in [5, 5.41) is 21.9. The molecule has 114 valence electrons. The van der Waals surface area contributed by atoms with Crippen LogP contribution < -0.4 is 0 Å². The molecule has 0 radical (unpaired) electrons. The van der Waals surface area contributed by atoms with Crippen LogP contribution in [0.4, 0.5) is 4.39 Å². The second-order valence-corrected chi connectivity index (χ2v) is 7.65. The molecule has 3 aliphatic carbocycles. The Morgan fingerprint density at radius 3 is 2.82 bits per heavy atom. The first-order chi connectivity index (χ1) is 10.5. The molecule has 0 amide bonds. The van der Waals surface area contributed by atoms with Crippen LogP contribution in [0.2, 0.25) is 0 Å². The molecule has 3 heteroatoms. The van der Waals surface area contributed by atoms with Crippen LogP contribution in [0.25, 0.3) is 10.8 Å². The number of hydrogen-bond donors (Lipinski definition) is 2. The van der Waals surface area contributed by atoms with E-state index in [1.165, 1.54) is 0 Å². The van der Waals surface area contributed by atoms with Crippen LogP contribution in [0.5, 0.6) is 5.75 Å². The van der Waals surface area contributed by atoms with Crippen molar-refractivity contribution >= 4 is 10.8 Å². The molecule has 5 atom stereocenters. The molecular weight excluding hydrogens is 279 g/mol. The quantitative estimate of drug-likeness (QED) is 0.772. The molecule has 0 heterocycles. The highest BCUT2D eigenvalue weighted by atomic mass is 19.1. The molecule has 5 rings (SSSR count). The summed E-state index contributed by atoms with van der Waals surface area (Å²) in [6.07, 6.45) is 0.832. The minimum absolute atomic E-state index is 0.0313. The van der Waals surface area contributed by atoms with Gasteiger partial charge in [-0.15, -0.1) is 0 Å². The summed E-state index contributed by atoms with van der Waals surface area (Å²) in [5.74, 6) is 0.704. The van der Waals surface area contributed by atoms with E-state index in [2.05, 4.69) is 6.92 Å². The SMILES string of the molecule is C[C@]12C[C@H](F)c3c(ccc4cc(O)ccc34)[C@@]13C[C@H]3C[C@@H]2O. The molecule has 2 nitrogen and oxygen atoms in total. The van der Waals surface area contributed by atoms with Gasteiger partial charge < -0.3 is 10.2 Å². The summed E-state index contributed by atoms with van der Waals surface area (Å²) in [7, 11) is 0. The van der Waals surface area contributed by atoms with Crippen molar-refractivity contribution in [3.8, 4) is 5.75 Å². The number of phenols is 1. The average Bonchev–Trinajstić information content (AvgIpc) is 3.14. The van der Waals surface area contributed by atoms with Crippen molar-refractivity contribution in [2.24, 2.45) is 11.3 Å². The van der Waals surface area contributed by atoms with Crippen LogP contribution in [-0.2, 0) is 5.41 Å². The molecule has 22 heavy (non-hydrogen) atoms. The molecule has 2 fully saturated rings. The first kappa shape index (κ1) is 12.9. The molecule has 2 aromatic carbocycles. The summed E-state index contributed by atoms with van der Waals surface area (Å²) in [6.45, 7) is 2.07. The Bertz CT molecular complexity index is 816. The van der Waals surface area contributed by atoms with Gasteiger partial charge in [0.1, 0.15) is 11.9 Å². The van der Waals surface area contributed by atoms with Gasteiger partial charge in [0.15, 0.2) is 0 Å². The first-order valence-corrected chi connectivity index (χ1v) is 8.05. The van der Waals surface area contributed by atoms with Crippen LogP contribution in [0, 0.1) is 11.3 Å². The number of aromatic hydroxyl groups is 1. The highest BCUT2D eigenvalue weighted by Gasteiger charge is 2.75. The standard InChI is InChI=1S/C19H19FO2/c1-18-9-15(20)17-13-4-3-12(21)6-10(13)2-5-14(17)19(18)8-11(19)7-16(18)22/h2-6,11,15-16,21-22H,7-9H2,1H3/t11-,15+,16+,18-,19+/m1/s1. The van der Waals surface area contributed by atoms with Gasteiger partial charge in [-0.25, -0.2) is 4.39 Å². The van der Waals surface area contributed by atoms with Gasteiger partial charge in [-0.2, -0.15) is 0 Å². The molecule has 0 saturated heterocycles. The van der Waals surface area contributed by atoms with E-state index in [1.54, 1.807) is 12.1 Å². The Kier molecular flexibility index (Phi) is 2.14. The number of hydrogen-bond acceptors (Lipinski definition) is 2. The number of benzene rings is 2. The number of aliphatic hydroxyl groups is 1. The smallest absolute Gasteiger partial charge is 0.127 e. The van der Waals surface area contributed by atoms with E-state index in [0.717, 1.165) is 34.7 Å². The lowest BCUT2D eigenvalue weighted by molar-refractivity contribution is -0.0000128. The zero-order valence-corrected chi connectivity index (χ0v) is 12.5. The fourth-order valence-electron chi connectivity index (χ4n) is 5.64. The molecule has 2 saturated carbocycles. The van der Waals surface area contributed by atoms with E-state index in [4.69, 9.17) is 0 Å². The van der Waals surface area contributed by atoms with Crippen molar-refractivity contribution in [3.63, 3.8) is 0 Å². The molecule has 0 bridgehead atoms.